The summed E-state index contributed by atoms with van der Waals surface area (Å²) in [5, 5.41) is 2.96. The minimum atomic E-state index is -0.603. The molecule has 1 N–H and O–H groups in total. The van der Waals surface area contributed by atoms with Crippen molar-refractivity contribution in [2.75, 3.05) is 26.5 Å². The molecule has 1 aromatic carbocycles. The highest BCUT2D eigenvalue weighted by Gasteiger charge is 2.26. The summed E-state index contributed by atoms with van der Waals surface area (Å²) in [6, 6.07) is 7.46. The van der Waals surface area contributed by atoms with Gasteiger partial charge in [-0.3, -0.25) is 9.59 Å². The van der Waals surface area contributed by atoms with E-state index in [1.54, 1.807) is 27.1 Å². The van der Waals surface area contributed by atoms with Gasteiger partial charge in [-0.05, 0) is 36.3 Å². The number of thiophene rings is 1. The molecule has 27 heavy (non-hydrogen) atoms. The Balaban J connectivity index is 2.29. The number of rotatable bonds is 5. The Morgan fingerprint density at radius 2 is 1.81 bits per heavy atom. The molecule has 0 fully saturated rings. The van der Waals surface area contributed by atoms with Crippen LogP contribution in [-0.2, 0) is 9.53 Å². The average molecular weight is 451 g/mol. The quantitative estimate of drug-likeness (QED) is 0.552. The first-order chi connectivity index (χ1) is 12.7. The summed E-state index contributed by atoms with van der Waals surface area (Å²) >= 11 is 4.41. The lowest BCUT2D eigenvalue weighted by molar-refractivity contribution is -0.111. The van der Waals surface area contributed by atoms with Crippen LogP contribution in [0.5, 0.6) is 0 Å². The maximum Gasteiger partial charge on any atom is 0.341 e. The van der Waals surface area contributed by atoms with Crippen molar-refractivity contribution in [2.24, 2.45) is 0 Å². The molecule has 0 bridgehead atoms. The molecule has 0 aliphatic rings. The first-order valence-electron chi connectivity index (χ1n) is 7.92. The smallest absolute Gasteiger partial charge is 0.341 e. The van der Waals surface area contributed by atoms with Crippen LogP contribution >= 0.6 is 27.3 Å². The number of carbonyl (C=O) groups is 3. The van der Waals surface area contributed by atoms with Gasteiger partial charge >= 0.3 is 5.97 Å². The topological polar surface area (TPSA) is 75.7 Å². The highest BCUT2D eigenvalue weighted by atomic mass is 79.9. The van der Waals surface area contributed by atoms with Crippen molar-refractivity contribution in [1.29, 1.82) is 0 Å². The third-order valence-electron chi connectivity index (χ3n) is 3.67. The van der Waals surface area contributed by atoms with E-state index in [0.29, 0.717) is 10.4 Å². The Morgan fingerprint density at radius 3 is 2.37 bits per heavy atom. The molecule has 2 rings (SSSR count). The molecule has 0 unspecified atom stereocenters. The molecule has 0 atom stereocenters. The normalized spacial score (nSPS) is 10.7. The molecule has 2 amide bonds. The summed E-state index contributed by atoms with van der Waals surface area (Å²) in [6.45, 7) is 1.66. The molecule has 0 saturated carbocycles. The van der Waals surface area contributed by atoms with Gasteiger partial charge in [0.05, 0.1) is 17.6 Å². The number of hydrogen-bond donors (Lipinski definition) is 1. The fourth-order valence-electron chi connectivity index (χ4n) is 2.26. The molecule has 0 spiro atoms. The molecule has 2 aromatic rings. The lowest BCUT2D eigenvalue weighted by atomic mass is 10.1. The van der Waals surface area contributed by atoms with Gasteiger partial charge in [0.15, 0.2) is 0 Å². The zero-order valence-corrected chi connectivity index (χ0v) is 17.7. The van der Waals surface area contributed by atoms with E-state index >= 15 is 0 Å². The van der Waals surface area contributed by atoms with Gasteiger partial charge < -0.3 is 15.0 Å². The zero-order chi connectivity index (χ0) is 20.1. The number of benzene rings is 1. The summed E-state index contributed by atoms with van der Waals surface area (Å²) < 4.78 is 5.75. The number of amides is 2. The predicted molar refractivity (Wildman–Crippen MR) is 110 cm³/mol. The first-order valence-corrected chi connectivity index (χ1v) is 9.53. The third kappa shape index (κ3) is 5.05. The van der Waals surface area contributed by atoms with Crippen LogP contribution in [0.2, 0.25) is 0 Å². The van der Waals surface area contributed by atoms with Crippen LogP contribution in [0.3, 0.4) is 0 Å². The number of halogens is 1. The van der Waals surface area contributed by atoms with Crippen molar-refractivity contribution >= 4 is 56.1 Å². The Labute approximate surface area is 169 Å². The molecule has 6 nitrogen and oxygen atoms in total. The fraction of sp³-hybridized carbons (Fsp3) is 0.211. The lowest BCUT2D eigenvalue weighted by Crippen LogP contribution is -2.21. The van der Waals surface area contributed by atoms with Crippen LogP contribution < -0.4 is 5.32 Å². The number of nitrogens with one attached hydrogen (secondary N) is 1. The van der Waals surface area contributed by atoms with Gasteiger partial charge in [0.2, 0.25) is 5.91 Å². The summed E-state index contributed by atoms with van der Waals surface area (Å²) in [5.41, 5.74) is 1.53. The Morgan fingerprint density at radius 1 is 1.19 bits per heavy atom. The molecule has 1 aromatic heterocycles. The van der Waals surface area contributed by atoms with E-state index in [9.17, 15) is 14.4 Å². The number of hydrogen-bond acceptors (Lipinski definition) is 5. The van der Waals surface area contributed by atoms with Crippen LogP contribution in [0.1, 0.15) is 31.2 Å². The van der Waals surface area contributed by atoms with Gasteiger partial charge in [0.1, 0.15) is 5.00 Å². The van der Waals surface area contributed by atoms with Crippen LogP contribution in [0.15, 0.2) is 34.8 Å². The molecule has 0 saturated heterocycles. The second kappa shape index (κ2) is 8.96. The number of esters is 1. The zero-order valence-electron chi connectivity index (χ0n) is 15.3. The largest absolute Gasteiger partial charge is 0.465 e. The third-order valence-corrected chi connectivity index (χ3v) is 5.39. The van der Waals surface area contributed by atoms with Crippen molar-refractivity contribution in [3.05, 3.63) is 56.4 Å². The average Bonchev–Trinajstić information content (AvgIpc) is 2.95. The second-order valence-corrected chi connectivity index (χ2v) is 7.76. The monoisotopic (exact) mass is 450 g/mol. The Kier molecular flexibility index (Phi) is 6.92. The van der Waals surface area contributed by atoms with Gasteiger partial charge in [-0.25, -0.2) is 4.79 Å². The molecular formula is C19H19BrN2O4S. The second-order valence-electron chi connectivity index (χ2n) is 5.83. The molecule has 8 heteroatoms. The molecule has 0 aliphatic heterocycles. The van der Waals surface area contributed by atoms with Crippen molar-refractivity contribution in [1.82, 2.24) is 4.90 Å². The van der Waals surface area contributed by atoms with E-state index in [4.69, 9.17) is 4.74 Å². The van der Waals surface area contributed by atoms with Crippen LogP contribution in [-0.4, -0.2) is 43.9 Å². The van der Waals surface area contributed by atoms with Gasteiger partial charge in [-0.1, -0.05) is 28.1 Å². The van der Waals surface area contributed by atoms with E-state index in [-0.39, 0.29) is 16.5 Å². The first kappa shape index (κ1) is 20.9. The summed E-state index contributed by atoms with van der Waals surface area (Å²) in [5.74, 6) is -1.25. The van der Waals surface area contributed by atoms with E-state index in [0.717, 1.165) is 21.4 Å². The SMILES string of the molecule is COC(=O)c1c(NC(=O)/C=C/c2ccc(Br)cc2)sc(C(=O)N(C)C)c1C. The van der Waals surface area contributed by atoms with Crippen molar-refractivity contribution in [2.45, 2.75) is 6.92 Å². The van der Waals surface area contributed by atoms with E-state index in [1.165, 1.54) is 18.1 Å². The molecule has 0 aliphatic carbocycles. The number of methoxy groups -OCH3 is 1. The van der Waals surface area contributed by atoms with E-state index in [2.05, 4.69) is 21.2 Å². The van der Waals surface area contributed by atoms with E-state index in [1.807, 2.05) is 24.3 Å². The summed E-state index contributed by atoms with van der Waals surface area (Å²) in [4.78, 5) is 38.5. The number of anilines is 1. The summed E-state index contributed by atoms with van der Waals surface area (Å²) in [7, 11) is 4.50. The standard InChI is InChI=1S/C19H19BrN2O4S/c1-11-15(19(25)26-4)17(27-16(11)18(24)22(2)3)21-14(23)10-7-12-5-8-13(20)9-6-12/h5-10H,1-4H3,(H,21,23)/b10-7+. The Bertz CT molecular complexity index is 901. The summed E-state index contributed by atoms with van der Waals surface area (Å²) in [6.07, 6.45) is 3.03. The molecule has 1 heterocycles. The van der Waals surface area contributed by atoms with Gasteiger partial charge in [-0.15, -0.1) is 11.3 Å². The highest BCUT2D eigenvalue weighted by Crippen LogP contribution is 2.34. The van der Waals surface area contributed by atoms with Crippen LogP contribution in [0.25, 0.3) is 6.08 Å². The number of ether oxygens (including phenoxy) is 1. The van der Waals surface area contributed by atoms with Crippen LogP contribution in [0.4, 0.5) is 5.00 Å². The minimum absolute atomic E-state index is 0.193. The number of nitrogens with zero attached hydrogens (tertiary/aromatic N) is 1. The van der Waals surface area contributed by atoms with Gasteiger partial charge in [0.25, 0.3) is 5.91 Å². The Hall–Kier alpha value is -2.45. The molecule has 142 valence electrons. The lowest BCUT2D eigenvalue weighted by Gasteiger charge is -2.08. The maximum absolute atomic E-state index is 12.3. The van der Waals surface area contributed by atoms with Gasteiger partial charge in [-0.2, -0.15) is 0 Å². The van der Waals surface area contributed by atoms with Crippen LogP contribution in [0, 0.1) is 6.92 Å². The van der Waals surface area contributed by atoms with Crippen molar-refractivity contribution in [3.63, 3.8) is 0 Å². The highest BCUT2D eigenvalue weighted by molar-refractivity contribution is 9.10. The molecular weight excluding hydrogens is 432 g/mol. The van der Waals surface area contributed by atoms with Gasteiger partial charge in [0, 0.05) is 24.6 Å². The van der Waals surface area contributed by atoms with E-state index < -0.39 is 11.9 Å². The van der Waals surface area contributed by atoms with Crippen molar-refractivity contribution in [3.8, 4) is 0 Å². The maximum atomic E-state index is 12.3. The molecule has 0 radical (unpaired) electrons. The number of carbonyl (C=O) groups excluding carboxylic acids is 3. The predicted octanol–water partition coefficient (Wildman–Crippen LogP) is 3.96. The fourth-order valence-corrected chi connectivity index (χ4v) is 3.74. The van der Waals surface area contributed by atoms with Crippen molar-refractivity contribution < 1.29 is 19.1 Å². The minimum Gasteiger partial charge on any atom is -0.465 e.